The molecule has 1 aliphatic heterocycles. The van der Waals surface area contributed by atoms with E-state index in [9.17, 15) is 9.18 Å². The van der Waals surface area contributed by atoms with Crippen molar-refractivity contribution in [3.05, 3.63) is 34.6 Å². The molecule has 0 N–H and O–H groups in total. The normalized spacial score (nSPS) is 17.1. The summed E-state index contributed by atoms with van der Waals surface area (Å²) in [6.07, 6.45) is 1.72. The first-order valence-electron chi connectivity index (χ1n) is 5.72. The topological polar surface area (TPSA) is 26.3 Å². The molecule has 0 saturated carbocycles. The molecule has 2 nitrogen and oxygen atoms in total. The number of ether oxygens (including phenoxy) is 1. The Morgan fingerprint density at radius 1 is 1.41 bits per heavy atom. The van der Waals surface area contributed by atoms with E-state index >= 15 is 0 Å². The van der Waals surface area contributed by atoms with Gasteiger partial charge in [-0.15, -0.1) is 0 Å². The first kappa shape index (κ1) is 12.5. The number of carbonyl (C=O) groups is 1. The lowest BCUT2D eigenvalue weighted by atomic mass is 9.91. The minimum atomic E-state index is -0.469. The Balaban J connectivity index is 2.04. The molecule has 1 aliphatic rings. The van der Waals surface area contributed by atoms with Gasteiger partial charge in [0.05, 0.1) is 5.02 Å². The van der Waals surface area contributed by atoms with Crippen molar-refractivity contribution in [2.75, 3.05) is 13.2 Å². The maximum atomic E-state index is 13.2. The second-order valence-electron chi connectivity index (χ2n) is 4.24. The van der Waals surface area contributed by atoms with E-state index in [-0.39, 0.29) is 23.1 Å². The van der Waals surface area contributed by atoms with Crippen molar-refractivity contribution in [2.45, 2.75) is 19.3 Å². The minimum Gasteiger partial charge on any atom is -0.381 e. The molecule has 1 fully saturated rings. The molecule has 0 bridgehead atoms. The lowest BCUT2D eigenvalue weighted by molar-refractivity contribution is -0.125. The van der Waals surface area contributed by atoms with E-state index in [0.717, 1.165) is 12.8 Å². The molecule has 4 heteroatoms. The largest absolute Gasteiger partial charge is 0.381 e. The molecule has 0 unspecified atom stereocenters. The molecule has 0 atom stereocenters. The van der Waals surface area contributed by atoms with Crippen LogP contribution in [0.4, 0.5) is 4.39 Å². The highest BCUT2D eigenvalue weighted by atomic mass is 35.5. The molecule has 2 rings (SSSR count). The van der Waals surface area contributed by atoms with Crippen LogP contribution in [0.5, 0.6) is 0 Å². The molecule has 1 aromatic carbocycles. The van der Waals surface area contributed by atoms with Crippen LogP contribution in [0.15, 0.2) is 18.2 Å². The lowest BCUT2D eigenvalue weighted by Crippen LogP contribution is -2.24. The van der Waals surface area contributed by atoms with Gasteiger partial charge in [-0.2, -0.15) is 0 Å². The van der Waals surface area contributed by atoms with Crippen molar-refractivity contribution >= 4 is 17.4 Å². The summed E-state index contributed by atoms with van der Waals surface area (Å²) in [5, 5.41) is 0.0629. The minimum absolute atomic E-state index is 0.0306. The fraction of sp³-hybridized carbons (Fsp3) is 0.462. The quantitative estimate of drug-likeness (QED) is 0.831. The molecule has 0 aliphatic carbocycles. The third-order valence-electron chi connectivity index (χ3n) is 3.07. The van der Waals surface area contributed by atoms with Gasteiger partial charge in [-0.05, 0) is 24.5 Å². The van der Waals surface area contributed by atoms with Crippen molar-refractivity contribution in [3.8, 4) is 0 Å². The number of hydrogen-bond donors (Lipinski definition) is 0. The Morgan fingerprint density at radius 3 is 2.82 bits per heavy atom. The molecular weight excluding hydrogens is 243 g/mol. The second kappa shape index (κ2) is 5.61. The summed E-state index contributed by atoms with van der Waals surface area (Å²) in [6.45, 7) is 1.26. The van der Waals surface area contributed by atoms with E-state index in [1.165, 1.54) is 6.07 Å². The van der Waals surface area contributed by atoms with Gasteiger partial charge >= 0.3 is 0 Å². The molecule has 0 amide bonds. The van der Waals surface area contributed by atoms with E-state index in [1.54, 1.807) is 12.1 Å². The highest BCUT2D eigenvalue weighted by Crippen LogP contribution is 2.23. The monoisotopic (exact) mass is 256 g/mol. The Hall–Kier alpha value is -0.930. The van der Waals surface area contributed by atoms with Crippen LogP contribution < -0.4 is 0 Å². The zero-order valence-electron chi connectivity index (χ0n) is 9.42. The number of ketones is 1. The Morgan fingerprint density at radius 2 is 2.12 bits per heavy atom. The molecule has 17 heavy (non-hydrogen) atoms. The molecule has 1 heterocycles. The highest BCUT2D eigenvalue weighted by Gasteiger charge is 2.22. The zero-order valence-corrected chi connectivity index (χ0v) is 10.2. The summed E-state index contributed by atoms with van der Waals surface area (Å²) >= 11 is 5.82. The van der Waals surface area contributed by atoms with E-state index in [2.05, 4.69) is 0 Å². The van der Waals surface area contributed by atoms with Gasteiger partial charge in [0.15, 0.2) is 0 Å². The van der Waals surface area contributed by atoms with Crippen LogP contribution in [0.1, 0.15) is 18.4 Å². The Labute approximate surface area is 105 Å². The number of Topliss-reactive ketones (excluding diaryl/α,β-unsaturated/α-hetero) is 1. The van der Waals surface area contributed by atoms with Crippen LogP contribution >= 0.6 is 11.6 Å². The molecule has 92 valence electrons. The lowest BCUT2D eigenvalue weighted by Gasteiger charge is -2.20. The van der Waals surface area contributed by atoms with E-state index < -0.39 is 5.82 Å². The SMILES string of the molecule is O=C(Cc1cccc(F)c1Cl)C1CCOCC1. The summed E-state index contributed by atoms with van der Waals surface area (Å²) in [7, 11) is 0. The van der Waals surface area contributed by atoms with Gasteiger partial charge in [0.25, 0.3) is 0 Å². The summed E-state index contributed by atoms with van der Waals surface area (Å²) < 4.78 is 18.4. The van der Waals surface area contributed by atoms with E-state index in [4.69, 9.17) is 16.3 Å². The molecule has 1 saturated heterocycles. The van der Waals surface area contributed by atoms with Crippen molar-refractivity contribution in [1.29, 1.82) is 0 Å². The fourth-order valence-corrected chi connectivity index (χ4v) is 2.23. The van der Waals surface area contributed by atoms with Gasteiger partial charge in [0, 0.05) is 25.6 Å². The average molecular weight is 257 g/mol. The van der Waals surface area contributed by atoms with Gasteiger partial charge in [0.1, 0.15) is 11.6 Å². The first-order chi connectivity index (χ1) is 8.18. The summed E-state index contributed by atoms with van der Waals surface area (Å²) in [5.41, 5.74) is 0.572. The Bertz CT molecular complexity index is 414. The van der Waals surface area contributed by atoms with Crippen molar-refractivity contribution in [3.63, 3.8) is 0 Å². The van der Waals surface area contributed by atoms with Gasteiger partial charge in [-0.1, -0.05) is 23.7 Å². The highest BCUT2D eigenvalue weighted by molar-refractivity contribution is 6.31. The second-order valence-corrected chi connectivity index (χ2v) is 4.62. The van der Waals surface area contributed by atoms with Gasteiger partial charge < -0.3 is 4.74 Å². The number of rotatable bonds is 3. The summed E-state index contributed by atoms with van der Waals surface area (Å²) in [6, 6.07) is 4.57. The van der Waals surface area contributed by atoms with Gasteiger partial charge in [-0.25, -0.2) is 4.39 Å². The van der Waals surface area contributed by atoms with E-state index in [1.807, 2.05) is 0 Å². The van der Waals surface area contributed by atoms with Gasteiger partial charge in [0.2, 0.25) is 0 Å². The summed E-state index contributed by atoms with van der Waals surface area (Å²) in [5.74, 6) is -0.312. The number of hydrogen-bond acceptors (Lipinski definition) is 2. The van der Waals surface area contributed by atoms with Crippen molar-refractivity contribution in [1.82, 2.24) is 0 Å². The number of carbonyl (C=O) groups excluding carboxylic acids is 1. The van der Waals surface area contributed by atoms with Crippen molar-refractivity contribution < 1.29 is 13.9 Å². The van der Waals surface area contributed by atoms with Crippen molar-refractivity contribution in [2.24, 2.45) is 5.92 Å². The molecule has 1 aromatic rings. The fourth-order valence-electron chi connectivity index (χ4n) is 2.04. The Kier molecular flexibility index (Phi) is 4.13. The van der Waals surface area contributed by atoms with Crippen LogP contribution in [-0.4, -0.2) is 19.0 Å². The molecule has 0 aromatic heterocycles. The van der Waals surface area contributed by atoms with Crippen LogP contribution in [0.3, 0.4) is 0 Å². The van der Waals surface area contributed by atoms with Crippen LogP contribution in [-0.2, 0) is 16.0 Å². The standard InChI is InChI=1S/C13H14ClFO2/c14-13-10(2-1-3-11(13)15)8-12(16)9-4-6-17-7-5-9/h1-3,9H,4-8H2. The number of halogens is 2. The molecule has 0 spiro atoms. The molecular formula is C13H14ClFO2. The third-order valence-corrected chi connectivity index (χ3v) is 3.50. The maximum absolute atomic E-state index is 13.2. The summed E-state index contributed by atoms with van der Waals surface area (Å²) in [4.78, 5) is 12.0. The molecule has 0 radical (unpaired) electrons. The predicted molar refractivity (Wildman–Crippen MR) is 63.7 cm³/mol. The third kappa shape index (κ3) is 3.05. The first-order valence-corrected chi connectivity index (χ1v) is 6.09. The number of benzene rings is 1. The average Bonchev–Trinajstić information content (AvgIpc) is 2.36. The smallest absolute Gasteiger partial charge is 0.142 e. The van der Waals surface area contributed by atoms with Crippen LogP contribution in [0, 0.1) is 11.7 Å². The zero-order chi connectivity index (χ0) is 12.3. The predicted octanol–water partition coefficient (Wildman–Crippen LogP) is 3.02. The maximum Gasteiger partial charge on any atom is 0.142 e. The van der Waals surface area contributed by atoms with E-state index in [0.29, 0.717) is 18.8 Å². The van der Waals surface area contributed by atoms with Crippen LogP contribution in [0.25, 0.3) is 0 Å². The van der Waals surface area contributed by atoms with Gasteiger partial charge in [-0.3, -0.25) is 4.79 Å². The van der Waals surface area contributed by atoms with Crippen LogP contribution in [0.2, 0.25) is 5.02 Å².